The van der Waals surface area contributed by atoms with E-state index in [9.17, 15) is 18.0 Å². The molecule has 0 aliphatic heterocycles. The standard InChI is InChI=1S/C16H18N2O5S/c1-11-3-5-13(6-4-11)24(21,22)8-7-16(20)23-10-15(19)14(9-17)12(2)18/h3-6H,7-8,10,18H2,1-2H3. The smallest absolute Gasteiger partial charge is 0.307 e. The van der Waals surface area contributed by atoms with Gasteiger partial charge in [0.1, 0.15) is 11.6 Å². The highest BCUT2D eigenvalue weighted by Crippen LogP contribution is 2.13. The quantitative estimate of drug-likeness (QED) is 0.442. The highest BCUT2D eigenvalue weighted by molar-refractivity contribution is 7.91. The van der Waals surface area contributed by atoms with Crippen molar-refractivity contribution in [2.24, 2.45) is 5.73 Å². The molecule has 1 aromatic carbocycles. The van der Waals surface area contributed by atoms with Crippen LogP contribution in [-0.4, -0.2) is 32.5 Å². The van der Waals surface area contributed by atoms with Crippen LogP contribution in [0.1, 0.15) is 18.9 Å². The number of benzene rings is 1. The van der Waals surface area contributed by atoms with Crippen molar-refractivity contribution in [2.75, 3.05) is 12.4 Å². The zero-order valence-corrected chi connectivity index (χ0v) is 14.2. The highest BCUT2D eigenvalue weighted by atomic mass is 32.2. The molecule has 0 heterocycles. The molecule has 1 aromatic rings. The fraction of sp³-hybridized carbons (Fsp3) is 0.312. The normalized spacial score (nSPS) is 12.0. The maximum Gasteiger partial charge on any atom is 0.307 e. The first-order valence-corrected chi connectivity index (χ1v) is 8.67. The Morgan fingerprint density at radius 3 is 2.33 bits per heavy atom. The molecular weight excluding hydrogens is 332 g/mol. The largest absolute Gasteiger partial charge is 0.457 e. The Morgan fingerprint density at radius 1 is 1.25 bits per heavy atom. The van der Waals surface area contributed by atoms with E-state index in [1.54, 1.807) is 18.2 Å². The number of hydrogen-bond donors (Lipinski definition) is 1. The van der Waals surface area contributed by atoms with Gasteiger partial charge in [-0.2, -0.15) is 5.26 Å². The van der Waals surface area contributed by atoms with Crippen LogP contribution in [0.15, 0.2) is 40.4 Å². The van der Waals surface area contributed by atoms with Crippen molar-refractivity contribution in [2.45, 2.75) is 25.2 Å². The zero-order chi connectivity index (χ0) is 18.3. The van der Waals surface area contributed by atoms with E-state index in [-0.39, 0.29) is 16.2 Å². The number of rotatable bonds is 7. The fourth-order valence-electron chi connectivity index (χ4n) is 1.74. The third kappa shape index (κ3) is 5.52. The summed E-state index contributed by atoms with van der Waals surface area (Å²) in [6, 6.07) is 7.88. The van der Waals surface area contributed by atoms with E-state index in [2.05, 4.69) is 0 Å². The molecule has 0 bridgehead atoms. The number of ketones is 1. The Labute approximate surface area is 140 Å². The number of carbonyl (C=O) groups excluding carboxylic acids is 2. The van der Waals surface area contributed by atoms with Gasteiger partial charge in [0.15, 0.2) is 16.4 Å². The molecule has 24 heavy (non-hydrogen) atoms. The Kier molecular flexibility index (Phi) is 6.68. The van der Waals surface area contributed by atoms with Gasteiger partial charge in [0, 0.05) is 5.70 Å². The number of ether oxygens (including phenoxy) is 1. The van der Waals surface area contributed by atoms with E-state index in [1.165, 1.54) is 19.1 Å². The minimum absolute atomic E-state index is 0.0282. The number of esters is 1. The maximum absolute atomic E-state index is 12.1. The van der Waals surface area contributed by atoms with E-state index < -0.39 is 40.4 Å². The van der Waals surface area contributed by atoms with Gasteiger partial charge in [-0.15, -0.1) is 0 Å². The molecule has 0 fully saturated rings. The second kappa shape index (κ2) is 8.26. The summed E-state index contributed by atoms with van der Waals surface area (Å²) < 4.78 is 28.9. The minimum Gasteiger partial charge on any atom is -0.457 e. The lowest BCUT2D eigenvalue weighted by Gasteiger charge is -2.06. The first-order chi connectivity index (χ1) is 11.2. The topological polar surface area (TPSA) is 127 Å². The van der Waals surface area contributed by atoms with E-state index >= 15 is 0 Å². The molecular formula is C16H18N2O5S. The van der Waals surface area contributed by atoms with Crippen LogP contribution < -0.4 is 5.73 Å². The zero-order valence-electron chi connectivity index (χ0n) is 13.4. The van der Waals surface area contributed by atoms with Gasteiger partial charge < -0.3 is 10.5 Å². The summed E-state index contributed by atoms with van der Waals surface area (Å²) in [6.45, 7) is 2.56. The van der Waals surface area contributed by atoms with Crippen LogP contribution >= 0.6 is 0 Å². The van der Waals surface area contributed by atoms with E-state index in [0.29, 0.717) is 0 Å². The molecule has 0 radical (unpaired) electrons. The molecule has 0 saturated heterocycles. The number of allylic oxidation sites excluding steroid dienone is 1. The summed E-state index contributed by atoms with van der Waals surface area (Å²) in [7, 11) is -3.61. The number of nitriles is 1. The van der Waals surface area contributed by atoms with Gasteiger partial charge in [0.2, 0.25) is 5.78 Å². The Bertz CT molecular complexity index is 798. The predicted octanol–water partition coefficient (Wildman–Crippen LogP) is 1.03. The van der Waals surface area contributed by atoms with Gasteiger partial charge in [0.25, 0.3) is 0 Å². The lowest BCUT2D eigenvalue weighted by Crippen LogP contribution is -2.19. The third-order valence-electron chi connectivity index (χ3n) is 3.10. The number of hydrogen-bond acceptors (Lipinski definition) is 7. The molecule has 1 rings (SSSR count). The fourth-order valence-corrected chi connectivity index (χ4v) is 2.96. The summed E-state index contributed by atoms with van der Waals surface area (Å²) in [4.78, 5) is 23.3. The molecule has 0 aliphatic carbocycles. The van der Waals surface area contributed by atoms with Gasteiger partial charge in [-0.3, -0.25) is 9.59 Å². The van der Waals surface area contributed by atoms with Crippen LogP contribution in [0.3, 0.4) is 0 Å². The lowest BCUT2D eigenvalue weighted by atomic mass is 10.1. The predicted molar refractivity (Wildman–Crippen MR) is 86.3 cm³/mol. The average Bonchev–Trinajstić information content (AvgIpc) is 2.51. The minimum atomic E-state index is -3.61. The van der Waals surface area contributed by atoms with Crippen LogP contribution in [0.25, 0.3) is 0 Å². The van der Waals surface area contributed by atoms with E-state index in [4.69, 9.17) is 15.7 Å². The molecule has 0 unspecified atom stereocenters. The first-order valence-electron chi connectivity index (χ1n) is 7.02. The molecule has 0 atom stereocenters. The number of aryl methyl sites for hydroxylation is 1. The van der Waals surface area contributed by atoms with E-state index in [0.717, 1.165) is 5.56 Å². The summed E-state index contributed by atoms with van der Waals surface area (Å²) >= 11 is 0. The van der Waals surface area contributed by atoms with Gasteiger partial charge in [-0.1, -0.05) is 17.7 Å². The Hall–Kier alpha value is -2.66. The summed E-state index contributed by atoms with van der Waals surface area (Å²) in [5.74, 6) is -2.00. The SMILES string of the molecule is CC(N)=C(C#N)C(=O)COC(=O)CCS(=O)(=O)c1ccc(C)cc1. The molecule has 2 N–H and O–H groups in total. The van der Waals surface area contributed by atoms with E-state index in [1.807, 2.05) is 6.92 Å². The second-order valence-corrected chi connectivity index (χ2v) is 7.24. The number of Topliss-reactive ketones (excluding diaryl/α,β-unsaturated/α-hetero) is 1. The van der Waals surface area contributed by atoms with Crippen molar-refractivity contribution < 1.29 is 22.7 Å². The van der Waals surface area contributed by atoms with Crippen molar-refractivity contribution in [3.8, 4) is 6.07 Å². The molecule has 0 aromatic heterocycles. The maximum atomic E-state index is 12.1. The molecule has 8 heteroatoms. The monoisotopic (exact) mass is 350 g/mol. The summed E-state index contributed by atoms with van der Waals surface area (Å²) in [5, 5.41) is 8.76. The Morgan fingerprint density at radius 2 is 1.83 bits per heavy atom. The van der Waals surface area contributed by atoms with Crippen LogP contribution in [0.4, 0.5) is 0 Å². The van der Waals surface area contributed by atoms with Crippen molar-refractivity contribution in [3.63, 3.8) is 0 Å². The van der Waals surface area contributed by atoms with Crippen LogP contribution in [0, 0.1) is 18.3 Å². The summed E-state index contributed by atoms with van der Waals surface area (Å²) in [5.41, 5.74) is 6.03. The van der Waals surface area contributed by atoms with Crippen LogP contribution in [0.2, 0.25) is 0 Å². The van der Waals surface area contributed by atoms with Gasteiger partial charge in [-0.05, 0) is 26.0 Å². The van der Waals surface area contributed by atoms with Crippen molar-refractivity contribution in [3.05, 3.63) is 41.1 Å². The molecule has 0 amide bonds. The van der Waals surface area contributed by atoms with Crippen LogP contribution in [-0.2, 0) is 24.2 Å². The second-order valence-electron chi connectivity index (χ2n) is 5.14. The number of nitrogens with zero attached hydrogens (tertiary/aromatic N) is 1. The molecule has 7 nitrogen and oxygen atoms in total. The number of nitrogens with two attached hydrogens (primary N) is 1. The molecule has 0 saturated carbocycles. The number of carbonyl (C=O) groups is 2. The molecule has 128 valence electrons. The number of sulfone groups is 1. The van der Waals surface area contributed by atoms with Gasteiger partial charge in [0.05, 0.1) is 17.1 Å². The third-order valence-corrected chi connectivity index (χ3v) is 4.84. The first kappa shape index (κ1) is 19.4. The lowest BCUT2D eigenvalue weighted by molar-refractivity contribution is -0.146. The summed E-state index contributed by atoms with van der Waals surface area (Å²) in [6.07, 6.45) is -0.392. The van der Waals surface area contributed by atoms with Crippen molar-refractivity contribution in [1.82, 2.24) is 0 Å². The molecule has 0 aliphatic rings. The van der Waals surface area contributed by atoms with Gasteiger partial charge >= 0.3 is 5.97 Å². The Balaban J connectivity index is 2.58. The van der Waals surface area contributed by atoms with Crippen LogP contribution in [0.5, 0.6) is 0 Å². The van der Waals surface area contributed by atoms with Gasteiger partial charge in [-0.25, -0.2) is 8.42 Å². The highest BCUT2D eigenvalue weighted by Gasteiger charge is 2.18. The van der Waals surface area contributed by atoms with Crippen molar-refractivity contribution >= 4 is 21.6 Å². The molecule has 0 spiro atoms. The van der Waals surface area contributed by atoms with Crippen molar-refractivity contribution in [1.29, 1.82) is 5.26 Å². The average molecular weight is 350 g/mol.